The summed E-state index contributed by atoms with van der Waals surface area (Å²) in [5.74, 6) is 0.753. The average molecular weight is 170 g/mol. The molecule has 1 aliphatic rings. The molecule has 2 N–H and O–H groups in total. The zero-order valence-electron chi connectivity index (χ0n) is 7.92. The van der Waals surface area contributed by atoms with Crippen molar-refractivity contribution < 1.29 is 4.79 Å². The quantitative estimate of drug-likeness (QED) is 0.674. The lowest BCUT2D eigenvalue weighted by Gasteiger charge is -2.31. The van der Waals surface area contributed by atoms with Crippen molar-refractivity contribution in [2.45, 2.75) is 31.7 Å². The summed E-state index contributed by atoms with van der Waals surface area (Å²) < 4.78 is 0. The van der Waals surface area contributed by atoms with Gasteiger partial charge >= 0.3 is 0 Å². The summed E-state index contributed by atoms with van der Waals surface area (Å²) in [7, 11) is 3.55. The first-order chi connectivity index (χ1) is 5.61. The van der Waals surface area contributed by atoms with E-state index in [1.54, 1.807) is 19.0 Å². The molecule has 3 heteroatoms. The topological polar surface area (TPSA) is 46.3 Å². The van der Waals surface area contributed by atoms with Crippen molar-refractivity contribution in [3.8, 4) is 0 Å². The van der Waals surface area contributed by atoms with Gasteiger partial charge in [-0.3, -0.25) is 4.79 Å². The smallest absolute Gasteiger partial charge is 0.223 e. The molecule has 1 fully saturated rings. The van der Waals surface area contributed by atoms with E-state index in [1.807, 2.05) is 0 Å². The fraction of sp³-hybridized carbons (Fsp3) is 0.889. The molecule has 0 bridgehead atoms. The Morgan fingerprint density at radius 1 is 1.58 bits per heavy atom. The number of rotatable bonds is 3. The summed E-state index contributed by atoms with van der Waals surface area (Å²) in [6.07, 6.45) is 4.22. The molecular weight excluding hydrogens is 152 g/mol. The number of hydrogen-bond acceptors (Lipinski definition) is 2. The molecule has 12 heavy (non-hydrogen) atoms. The monoisotopic (exact) mass is 170 g/mol. The molecule has 0 heterocycles. The molecular formula is C9H18N2O. The second kappa shape index (κ2) is 3.90. The van der Waals surface area contributed by atoms with E-state index in [9.17, 15) is 4.79 Å². The van der Waals surface area contributed by atoms with E-state index in [-0.39, 0.29) is 11.9 Å². The van der Waals surface area contributed by atoms with Crippen molar-refractivity contribution in [1.82, 2.24) is 4.90 Å². The Balaban J connectivity index is 2.24. The van der Waals surface area contributed by atoms with Crippen LogP contribution in [0.25, 0.3) is 0 Å². The minimum Gasteiger partial charge on any atom is -0.349 e. The Morgan fingerprint density at radius 3 is 2.50 bits per heavy atom. The Bertz CT molecular complexity index is 164. The molecule has 1 rings (SSSR count). The second-order valence-corrected chi connectivity index (χ2v) is 3.85. The molecule has 1 unspecified atom stereocenters. The normalized spacial score (nSPS) is 19.9. The van der Waals surface area contributed by atoms with E-state index >= 15 is 0 Å². The lowest BCUT2D eigenvalue weighted by molar-refractivity contribution is -0.129. The predicted octanol–water partition coefficient (Wildman–Crippen LogP) is 0.592. The van der Waals surface area contributed by atoms with Gasteiger partial charge in [-0.15, -0.1) is 0 Å². The fourth-order valence-electron chi connectivity index (χ4n) is 1.42. The lowest BCUT2D eigenvalue weighted by Crippen LogP contribution is -2.39. The van der Waals surface area contributed by atoms with Crippen LogP contribution in [-0.4, -0.2) is 30.9 Å². The van der Waals surface area contributed by atoms with Crippen LogP contribution in [0.3, 0.4) is 0 Å². The minimum atomic E-state index is 0.0913. The van der Waals surface area contributed by atoms with Crippen LogP contribution in [0.1, 0.15) is 25.7 Å². The third kappa shape index (κ3) is 2.21. The zero-order chi connectivity index (χ0) is 9.14. The van der Waals surface area contributed by atoms with Gasteiger partial charge in [0, 0.05) is 26.6 Å². The van der Waals surface area contributed by atoms with Gasteiger partial charge in [0.05, 0.1) is 0 Å². The van der Waals surface area contributed by atoms with Crippen molar-refractivity contribution in [3.63, 3.8) is 0 Å². The largest absolute Gasteiger partial charge is 0.349 e. The number of nitrogens with zero attached hydrogens (tertiary/aromatic N) is 1. The van der Waals surface area contributed by atoms with Crippen molar-refractivity contribution in [2.24, 2.45) is 11.7 Å². The van der Waals surface area contributed by atoms with E-state index in [2.05, 4.69) is 0 Å². The molecule has 0 aromatic heterocycles. The summed E-state index contributed by atoms with van der Waals surface area (Å²) in [6.45, 7) is 0. The van der Waals surface area contributed by atoms with E-state index in [4.69, 9.17) is 5.73 Å². The van der Waals surface area contributed by atoms with Gasteiger partial charge in [-0.2, -0.15) is 0 Å². The molecule has 1 aliphatic carbocycles. The van der Waals surface area contributed by atoms with Crippen molar-refractivity contribution in [3.05, 3.63) is 0 Å². The predicted molar refractivity (Wildman–Crippen MR) is 48.6 cm³/mol. The highest BCUT2D eigenvalue weighted by Crippen LogP contribution is 2.29. The molecule has 0 saturated heterocycles. The van der Waals surface area contributed by atoms with Gasteiger partial charge in [-0.25, -0.2) is 0 Å². The molecule has 0 aliphatic heterocycles. The van der Waals surface area contributed by atoms with Gasteiger partial charge in [0.2, 0.25) is 5.91 Å². The maximum absolute atomic E-state index is 11.2. The Labute approximate surface area is 73.9 Å². The summed E-state index contributed by atoms with van der Waals surface area (Å²) in [5, 5.41) is 0. The molecule has 0 radical (unpaired) electrons. The van der Waals surface area contributed by atoms with E-state index in [1.165, 1.54) is 19.3 Å². The fourth-order valence-corrected chi connectivity index (χ4v) is 1.42. The average Bonchev–Trinajstić information content (AvgIpc) is 1.82. The summed E-state index contributed by atoms with van der Waals surface area (Å²) in [5.41, 5.74) is 5.87. The Kier molecular flexibility index (Phi) is 3.09. The number of hydrogen-bond donors (Lipinski definition) is 1. The third-order valence-electron chi connectivity index (χ3n) is 2.66. The first kappa shape index (κ1) is 9.52. The zero-order valence-corrected chi connectivity index (χ0v) is 7.92. The standard InChI is InChI=1S/C9H18N2O/c1-11(2)9(12)6-8(10)7-4-3-5-7/h7-8H,3-6,10H2,1-2H3. The Hall–Kier alpha value is -0.570. The molecule has 0 aromatic carbocycles. The lowest BCUT2D eigenvalue weighted by atomic mass is 9.79. The van der Waals surface area contributed by atoms with E-state index < -0.39 is 0 Å². The minimum absolute atomic E-state index is 0.0913. The number of nitrogens with two attached hydrogens (primary N) is 1. The molecule has 0 aromatic rings. The summed E-state index contributed by atoms with van der Waals surface area (Å²) in [6, 6.07) is 0.0913. The summed E-state index contributed by atoms with van der Waals surface area (Å²) >= 11 is 0. The highest BCUT2D eigenvalue weighted by molar-refractivity contribution is 5.76. The SMILES string of the molecule is CN(C)C(=O)CC(N)C1CCC1. The Morgan fingerprint density at radius 2 is 2.17 bits per heavy atom. The van der Waals surface area contributed by atoms with Gasteiger partial charge in [0.15, 0.2) is 0 Å². The van der Waals surface area contributed by atoms with Gasteiger partial charge in [0.25, 0.3) is 0 Å². The van der Waals surface area contributed by atoms with Crippen LogP contribution in [-0.2, 0) is 4.79 Å². The highest BCUT2D eigenvalue weighted by atomic mass is 16.2. The number of carbonyl (C=O) groups excluding carboxylic acids is 1. The van der Waals surface area contributed by atoms with Crippen LogP contribution in [0, 0.1) is 5.92 Å². The molecule has 1 atom stereocenters. The van der Waals surface area contributed by atoms with Crippen LogP contribution in [0.15, 0.2) is 0 Å². The molecule has 3 nitrogen and oxygen atoms in total. The number of amides is 1. The van der Waals surface area contributed by atoms with Crippen LogP contribution in [0.4, 0.5) is 0 Å². The van der Waals surface area contributed by atoms with Crippen molar-refractivity contribution >= 4 is 5.91 Å². The first-order valence-electron chi connectivity index (χ1n) is 4.57. The second-order valence-electron chi connectivity index (χ2n) is 3.85. The van der Waals surface area contributed by atoms with Gasteiger partial charge in [-0.1, -0.05) is 6.42 Å². The van der Waals surface area contributed by atoms with E-state index in [0.717, 1.165) is 0 Å². The van der Waals surface area contributed by atoms with Crippen LogP contribution < -0.4 is 5.73 Å². The maximum atomic E-state index is 11.2. The molecule has 1 amide bonds. The third-order valence-corrected chi connectivity index (χ3v) is 2.66. The van der Waals surface area contributed by atoms with E-state index in [0.29, 0.717) is 12.3 Å². The summed E-state index contributed by atoms with van der Waals surface area (Å²) in [4.78, 5) is 12.9. The van der Waals surface area contributed by atoms with Gasteiger partial charge in [0.1, 0.15) is 0 Å². The molecule has 0 spiro atoms. The van der Waals surface area contributed by atoms with Gasteiger partial charge < -0.3 is 10.6 Å². The van der Waals surface area contributed by atoms with Crippen molar-refractivity contribution in [2.75, 3.05) is 14.1 Å². The van der Waals surface area contributed by atoms with Crippen LogP contribution in [0.5, 0.6) is 0 Å². The van der Waals surface area contributed by atoms with Gasteiger partial charge in [-0.05, 0) is 18.8 Å². The van der Waals surface area contributed by atoms with Crippen molar-refractivity contribution in [1.29, 1.82) is 0 Å². The highest BCUT2D eigenvalue weighted by Gasteiger charge is 2.26. The first-order valence-corrected chi connectivity index (χ1v) is 4.57. The van der Waals surface area contributed by atoms with Crippen LogP contribution >= 0.6 is 0 Å². The maximum Gasteiger partial charge on any atom is 0.223 e. The molecule has 1 saturated carbocycles. The number of carbonyl (C=O) groups is 1. The van der Waals surface area contributed by atoms with Crippen LogP contribution in [0.2, 0.25) is 0 Å². The molecule has 70 valence electrons.